The fraction of sp³-hybridized carbons (Fsp3) is 0.552. The molecule has 11 heteroatoms. The summed E-state index contributed by atoms with van der Waals surface area (Å²) in [7, 11) is 2.13. The van der Waals surface area contributed by atoms with Crippen LogP contribution in [0.5, 0.6) is 6.01 Å². The molecule has 0 aromatic carbocycles. The van der Waals surface area contributed by atoms with E-state index in [2.05, 4.69) is 39.4 Å². The summed E-state index contributed by atoms with van der Waals surface area (Å²) in [5.41, 5.74) is 4.02. The predicted molar refractivity (Wildman–Crippen MR) is 155 cm³/mol. The van der Waals surface area contributed by atoms with Crippen LogP contribution in [0, 0.1) is 18.3 Å². The van der Waals surface area contributed by atoms with Gasteiger partial charge in [0.2, 0.25) is 5.91 Å². The number of pyridine rings is 1. The topological polar surface area (TPSA) is 102 Å². The molecule has 2 atom stereocenters. The van der Waals surface area contributed by atoms with Crippen LogP contribution < -0.4 is 14.5 Å². The van der Waals surface area contributed by atoms with Gasteiger partial charge in [-0.1, -0.05) is 18.2 Å². The molecule has 5 rings (SSSR count). The number of hydrogen-bond acceptors (Lipinski definition) is 9. The Morgan fingerprint density at radius 2 is 2.05 bits per heavy atom. The van der Waals surface area contributed by atoms with Crippen molar-refractivity contribution in [1.82, 2.24) is 24.8 Å². The van der Waals surface area contributed by atoms with Gasteiger partial charge in [0.1, 0.15) is 12.4 Å². The number of nitrogens with zero attached hydrogens (tertiary/aromatic N) is 8. The van der Waals surface area contributed by atoms with Crippen molar-refractivity contribution in [2.75, 3.05) is 56.2 Å². The quantitative estimate of drug-likeness (QED) is 0.468. The molecule has 3 aliphatic heterocycles. The summed E-state index contributed by atoms with van der Waals surface area (Å²) in [4.78, 5) is 35.3. The lowest BCUT2D eigenvalue weighted by atomic mass is 10.1. The molecule has 3 aliphatic rings. The number of likely N-dealkylation sites (tertiary alicyclic amines) is 1. The smallest absolute Gasteiger partial charge is 0.318 e. The minimum absolute atomic E-state index is 0.146. The number of carbonyl (C=O) groups is 1. The number of piperazine rings is 1. The van der Waals surface area contributed by atoms with Crippen LogP contribution in [-0.4, -0.2) is 89.1 Å². The lowest BCUT2D eigenvalue weighted by Crippen LogP contribution is -2.55. The number of rotatable bonds is 7. The van der Waals surface area contributed by atoms with Crippen molar-refractivity contribution < 1.29 is 9.53 Å². The highest BCUT2D eigenvalue weighted by Crippen LogP contribution is 2.34. The zero-order chi connectivity index (χ0) is 28.2. The Morgan fingerprint density at radius 1 is 1.20 bits per heavy atom. The normalized spacial score (nSPS) is 21.5. The summed E-state index contributed by atoms with van der Waals surface area (Å²) < 4.78 is 6.26. The lowest BCUT2D eigenvalue weighted by molar-refractivity contribution is -0.128. The lowest BCUT2D eigenvalue weighted by Gasteiger charge is -2.41. The molecule has 10 nitrogen and oxygen atoms in total. The summed E-state index contributed by atoms with van der Waals surface area (Å²) in [5.74, 6) is 0.698. The number of fused-ring (bicyclic) bond motifs is 1. The van der Waals surface area contributed by atoms with Gasteiger partial charge in [0.15, 0.2) is 0 Å². The number of nitriles is 1. The Bertz CT molecular complexity index is 1300. The van der Waals surface area contributed by atoms with Gasteiger partial charge < -0.3 is 24.3 Å². The van der Waals surface area contributed by atoms with E-state index in [-0.39, 0.29) is 18.4 Å². The van der Waals surface area contributed by atoms with Crippen LogP contribution in [0.2, 0.25) is 5.02 Å². The zero-order valence-corrected chi connectivity index (χ0v) is 24.1. The van der Waals surface area contributed by atoms with Crippen molar-refractivity contribution in [3.8, 4) is 12.1 Å². The molecular weight excluding hydrogens is 528 g/mol. The van der Waals surface area contributed by atoms with E-state index in [4.69, 9.17) is 26.3 Å². The molecular formula is C29H37ClN8O2. The first-order valence-electron chi connectivity index (χ1n) is 14.0. The fourth-order valence-corrected chi connectivity index (χ4v) is 6.18. The van der Waals surface area contributed by atoms with Crippen LogP contribution in [-0.2, 0) is 17.8 Å². The predicted octanol–water partition coefficient (Wildman–Crippen LogP) is 3.38. The molecule has 212 valence electrons. The molecule has 0 saturated carbocycles. The summed E-state index contributed by atoms with van der Waals surface area (Å²) in [5, 5.41) is 10.1. The second-order valence-corrected chi connectivity index (χ2v) is 11.2. The van der Waals surface area contributed by atoms with Crippen molar-refractivity contribution in [3.05, 3.63) is 46.9 Å². The monoisotopic (exact) mass is 564 g/mol. The third-order valence-electron chi connectivity index (χ3n) is 8.36. The summed E-state index contributed by atoms with van der Waals surface area (Å²) in [6, 6.07) is 2.73. The molecule has 2 saturated heterocycles. The van der Waals surface area contributed by atoms with Crippen LogP contribution in [0.1, 0.15) is 42.5 Å². The number of ether oxygens (including phenoxy) is 1. The van der Waals surface area contributed by atoms with Gasteiger partial charge in [0, 0.05) is 44.0 Å². The average Bonchev–Trinajstić information content (AvgIpc) is 3.25. The molecule has 2 aromatic heterocycles. The fourth-order valence-electron chi connectivity index (χ4n) is 6.02. The standard InChI is InChI=1S/C29H37ClN8O2/c1-4-27(39)38-14-13-37(17-21(38)9-10-31)28-23-8-6-12-36(26-16-32-15-24(30)20(26)2)18-25(23)33-29(34-28)40-19-22-7-5-11-35(22)3/h4,15-16,21-22H,1,5-9,11-14,17-19H2,2-3H3/t21?,22-/m0/s1. The first kappa shape index (κ1) is 28.1. The maximum Gasteiger partial charge on any atom is 0.318 e. The number of halogens is 1. The molecule has 1 amide bonds. The number of anilines is 2. The van der Waals surface area contributed by atoms with Crippen molar-refractivity contribution >= 4 is 29.0 Å². The molecule has 40 heavy (non-hydrogen) atoms. The van der Waals surface area contributed by atoms with E-state index in [9.17, 15) is 10.1 Å². The first-order chi connectivity index (χ1) is 19.4. The van der Waals surface area contributed by atoms with E-state index in [1.54, 1.807) is 11.1 Å². The van der Waals surface area contributed by atoms with Crippen molar-refractivity contribution in [1.29, 1.82) is 5.26 Å². The number of likely N-dealkylation sites (N-methyl/N-ethyl adjacent to an activating group) is 1. The largest absolute Gasteiger partial charge is 0.462 e. The molecule has 5 heterocycles. The summed E-state index contributed by atoms with van der Waals surface area (Å²) in [6.45, 7) is 10.3. The van der Waals surface area contributed by atoms with Gasteiger partial charge in [-0.2, -0.15) is 15.2 Å². The summed E-state index contributed by atoms with van der Waals surface area (Å²) >= 11 is 6.42. The van der Waals surface area contributed by atoms with Gasteiger partial charge in [0.05, 0.1) is 47.7 Å². The molecule has 2 fully saturated rings. The van der Waals surface area contributed by atoms with Crippen LogP contribution in [0.25, 0.3) is 0 Å². The van der Waals surface area contributed by atoms with Gasteiger partial charge in [-0.15, -0.1) is 0 Å². The maximum atomic E-state index is 12.5. The Labute approximate surface area is 241 Å². The van der Waals surface area contributed by atoms with Gasteiger partial charge >= 0.3 is 6.01 Å². The van der Waals surface area contributed by atoms with Crippen LogP contribution in [0.4, 0.5) is 11.5 Å². The Hall–Kier alpha value is -3.42. The number of aromatic nitrogens is 3. The molecule has 0 spiro atoms. The Balaban J connectivity index is 1.49. The SMILES string of the molecule is C=CC(=O)N1CCN(c2nc(OC[C@@H]3CCCN3C)nc3c2CCCN(c2cncc(Cl)c2C)C3)CC1CC#N. The minimum atomic E-state index is -0.242. The van der Waals surface area contributed by atoms with E-state index in [0.29, 0.717) is 49.9 Å². The average molecular weight is 565 g/mol. The number of amides is 1. The second-order valence-electron chi connectivity index (χ2n) is 10.8. The third-order valence-corrected chi connectivity index (χ3v) is 8.74. The van der Waals surface area contributed by atoms with E-state index < -0.39 is 0 Å². The van der Waals surface area contributed by atoms with Crippen molar-refractivity contribution in [3.63, 3.8) is 0 Å². The molecule has 0 radical (unpaired) electrons. The van der Waals surface area contributed by atoms with E-state index in [1.807, 2.05) is 13.1 Å². The van der Waals surface area contributed by atoms with E-state index in [1.165, 1.54) is 6.08 Å². The molecule has 2 aromatic rings. The highest BCUT2D eigenvalue weighted by atomic mass is 35.5. The molecule has 0 N–H and O–H groups in total. The van der Waals surface area contributed by atoms with Gasteiger partial charge in [-0.05, 0) is 57.8 Å². The van der Waals surface area contributed by atoms with Crippen LogP contribution in [0.15, 0.2) is 25.0 Å². The number of hydrogen-bond donors (Lipinski definition) is 0. The van der Waals surface area contributed by atoms with Gasteiger partial charge in [0.25, 0.3) is 0 Å². The third kappa shape index (κ3) is 5.86. The minimum Gasteiger partial charge on any atom is -0.462 e. The van der Waals surface area contributed by atoms with Crippen molar-refractivity contribution in [2.45, 2.75) is 57.7 Å². The highest BCUT2D eigenvalue weighted by molar-refractivity contribution is 6.31. The highest BCUT2D eigenvalue weighted by Gasteiger charge is 2.33. The Morgan fingerprint density at radius 3 is 2.80 bits per heavy atom. The number of carbonyl (C=O) groups excluding carboxylic acids is 1. The Kier molecular flexibility index (Phi) is 8.72. The second kappa shape index (κ2) is 12.4. The van der Waals surface area contributed by atoms with Crippen LogP contribution >= 0.6 is 11.6 Å². The zero-order valence-electron chi connectivity index (χ0n) is 23.4. The maximum absolute atomic E-state index is 12.5. The van der Waals surface area contributed by atoms with Gasteiger partial charge in [-0.3, -0.25) is 9.78 Å². The molecule has 1 unspecified atom stereocenters. The molecule has 0 bridgehead atoms. The summed E-state index contributed by atoms with van der Waals surface area (Å²) in [6.07, 6.45) is 9.10. The molecule has 0 aliphatic carbocycles. The van der Waals surface area contributed by atoms with Crippen molar-refractivity contribution in [2.24, 2.45) is 0 Å². The van der Waals surface area contributed by atoms with Gasteiger partial charge in [-0.25, -0.2) is 0 Å². The first-order valence-corrected chi connectivity index (χ1v) is 14.4. The van der Waals surface area contributed by atoms with E-state index >= 15 is 0 Å². The van der Waals surface area contributed by atoms with E-state index in [0.717, 1.165) is 67.1 Å². The van der Waals surface area contributed by atoms with Crippen LogP contribution in [0.3, 0.4) is 0 Å².